The number of rotatable bonds is 3. The first-order chi connectivity index (χ1) is 10.6. The lowest BCUT2D eigenvalue weighted by Gasteiger charge is -2.18. The van der Waals surface area contributed by atoms with Crippen molar-refractivity contribution in [1.82, 2.24) is 10.2 Å². The van der Waals surface area contributed by atoms with Crippen LogP contribution in [-0.2, 0) is 0 Å². The van der Waals surface area contributed by atoms with Crippen LogP contribution in [0.3, 0.4) is 0 Å². The van der Waals surface area contributed by atoms with Crippen LogP contribution in [0.1, 0.15) is 53.4 Å². The summed E-state index contributed by atoms with van der Waals surface area (Å²) in [4.78, 5) is 12.2. The summed E-state index contributed by atoms with van der Waals surface area (Å²) >= 11 is 4.62. The molecule has 1 aliphatic carbocycles. The van der Waals surface area contributed by atoms with Crippen molar-refractivity contribution in [3.05, 3.63) is 39.1 Å². The molecule has 1 saturated carbocycles. The number of amides is 1. The number of hydrogen-bond donors (Lipinski definition) is 1. The largest absolute Gasteiger partial charge is 0.296 e. The van der Waals surface area contributed by atoms with Gasteiger partial charge in [0.05, 0.1) is 5.56 Å². The smallest absolute Gasteiger partial charge is 0.258 e. The minimum Gasteiger partial charge on any atom is -0.296 e. The van der Waals surface area contributed by atoms with Gasteiger partial charge in [0.1, 0.15) is 10.8 Å². The van der Waals surface area contributed by atoms with E-state index in [2.05, 4.69) is 31.4 Å². The molecule has 0 unspecified atom stereocenters. The van der Waals surface area contributed by atoms with Gasteiger partial charge in [-0.25, -0.2) is 4.39 Å². The van der Waals surface area contributed by atoms with Gasteiger partial charge in [0, 0.05) is 10.4 Å². The van der Waals surface area contributed by atoms with Crippen LogP contribution in [0, 0.1) is 5.82 Å². The molecule has 1 N–H and O–H groups in total. The molecular formula is C15H15BrFN3OS. The Morgan fingerprint density at radius 3 is 2.77 bits per heavy atom. The number of nitrogens with one attached hydrogen (secondary N) is 1. The lowest BCUT2D eigenvalue weighted by atomic mass is 9.90. The van der Waals surface area contributed by atoms with Gasteiger partial charge >= 0.3 is 0 Å². The minimum atomic E-state index is -0.390. The summed E-state index contributed by atoms with van der Waals surface area (Å²) in [7, 11) is 0. The standard InChI is InChI=1S/C15H15BrFN3OS/c16-12-8-10(17)6-7-11(12)13(21)18-15-20-19-14(22-15)9-4-2-1-3-5-9/h6-9H,1-5H2,(H,18,20,21). The molecule has 0 bridgehead atoms. The maximum absolute atomic E-state index is 13.1. The normalized spacial score (nSPS) is 15.7. The molecule has 1 fully saturated rings. The summed E-state index contributed by atoms with van der Waals surface area (Å²) < 4.78 is 13.5. The molecule has 1 amide bonds. The molecule has 1 aromatic heterocycles. The van der Waals surface area contributed by atoms with Crippen molar-refractivity contribution in [2.24, 2.45) is 0 Å². The number of benzene rings is 1. The van der Waals surface area contributed by atoms with Crippen molar-refractivity contribution < 1.29 is 9.18 Å². The second-order valence-electron chi connectivity index (χ2n) is 5.36. The van der Waals surface area contributed by atoms with Gasteiger partial charge in [0.2, 0.25) is 5.13 Å². The maximum Gasteiger partial charge on any atom is 0.258 e. The number of carbonyl (C=O) groups is 1. The monoisotopic (exact) mass is 383 g/mol. The third-order valence-corrected chi connectivity index (χ3v) is 5.45. The van der Waals surface area contributed by atoms with Crippen molar-refractivity contribution in [3.63, 3.8) is 0 Å². The topological polar surface area (TPSA) is 54.9 Å². The first kappa shape index (κ1) is 15.6. The van der Waals surface area contributed by atoms with Crippen LogP contribution in [0.15, 0.2) is 22.7 Å². The molecule has 2 aromatic rings. The van der Waals surface area contributed by atoms with Crippen molar-refractivity contribution in [2.45, 2.75) is 38.0 Å². The highest BCUT2D eigenvalue weighted by Gasteiger charge is 2.20. The van der Waals surface area contributed by atoms with Crippen LogP contribution in [0.5, 0.6) is 0 Å². The van der Waals surface area contributed by atoms with Crippen LogP contribution in [-0.4, -0.2) is 16.1 Å². The number of nitrogens with zero attached hydrogens (tertiary/aromatic N) is 2. The first-order valence-electron chi connectivity index (χ1n) is 7.23. The van der Waals surface area contributed by atoms with Crippen molar-refractivity contribution in [1.29, 1.82) is 0 Å². The zero-order valence-corrected chi connectivity index (χ0v) is 14.2. The molecule has 3 rings (SSSR count). The van der Waals surface area contributed by atoms with E-state index >= 15 is 0 Å². The van der Waals surface area contributed by atoms with Crippen molar-refractivity contribution >= 4 is 38.3 Å². The molecule has 0 aliphatic heterocycles. The van der Waals surface area contributed by atoms with E-state index in [4.69, 9.17) is 0 Å². The SMILES string of the molecule is O=C(Nc1nnc(C2CCCCC2)s1)c1ccc(F)cc1Br. The predicted octanol–water partition coefficient (Wildman–Crippen LogP) is 4.74. The van der Waals surface area contributed by atoms with E-state index < -0.39 is 0 Å². The van der Waals surface area contributed by atoms with E-state index in [-0.39, 0.29) is 11.7 Å². The van der Waals surface area contributed by atoms with Crippen LogP contribution < -0.4 is 5.32 Å². The number of hydrogen-bond acceptors (Lipinski definition) is 4. The summed E-state index contributed by atoms with van der Waals surface area (Å²) in [5.41, 5.74) is 0.371. The predicted molar refractivity (Wildman–Crippen MR) is 87.8 cm³/mol. The van der Waals surface area contributed by atoms with E-state index in [0.29, 0.717) is 21.1 Å². The highest BCUT2D eigenvalue weighted by atomic mass is 79.9. The summed E-state index contributed by atoms with van der Waals surface area (Å²) in [6.07, 6.45) is 6.04. The van der Waals surface area contributed by atoms with Gasteiger partial charge in [-0.1, -0.05) is 30.6 Å². The van der Waals surface area contributed by atoms with E-state index in [0.717, 1.165) is 17.8 Å². The average Bonchev–Trinajstić information content (AvgIpc) is 2.96. The average molecular weight is 384 g/mol. The lowest BCUT2D eigenvalue weighted by Crippen LogP contribution is -2.12. The second kappa shape index (κ2) is 6.83. The first-order valence-corrected chi connectivity index (χ1v) is 8.84. The highest BCUT2D eigenvalue weighted by molar-refractivity contribution is 9.10. The van der Waals surface area contributed by atoms with Crippen LogP contribution in [0.4, 0.5) is 9.52 Å². The highest BCUT2D eigenvalue weighted by Crippen LogP contribution is 2.35. The molecule has 1 aliphatic rings. The van der Waals surface area contributed by atoms with Gasteiger partial charge < -0.3 is 0 Å². The van der Waals surface area contributed by atoms with E-state index in [1.54, 1.807) is 0 Å². The lowest BCUT2D eigenvalue weighted by molar-refractivity contribution is 0.102. The van der Waals surface area contributed by atoms with Crippen molar-refractivity contribution in [2.75, 3.05) is 5.32 Å². The molecule has 0 spiro atoms. The molecule has 4 nitrogen and oxygen atoms in total. The number of anilines is 1. The summed E-state index contributed by atoms with van der Waals surface area (Å²) in [6.45, 7) is 0. The zero-order valence-electron chi connectivity index (χ0n) is 11.8. The maximum atomic E-state index is 13.1. The van der Waals surface area contributed by atoms with Gasteiger partial charge in [-0.05, 0) is 47.0 Å². The van der Waals surface area contributed by atoms with Gasteiger partial charge in [0.25, 0.3) is 5.91 Å². The van der Waals surface area contributed by atoms with E-state index in [1.807, 2.05) is 0 Å². The van der Waals surface area contributed by atoms with Gasteiger partial charge in [0.15, 0.2) is 0 Å². The number of halogens is 2. The molecule has 1 aromatic carbocycles. The molecule has 116 valence electrons. The fraction of sp³-hybridized carbons (Fsp3) is 0.400. The minimum absolute atomic E-state index is 0.321. The second-order valence-corrected chi connectivity index (χ2v) is 7.22. The Kier molecular flexibility index (Phi) is 4.83. The molecule has 22 heavy (non-hydrogen) atoms. The van der Waals surface area contributed by atoms with Gasteiger partial charge in [-0.15, -0.1) is 10.2 Å². The Hall–Kier alpha value is -1.34. The summed E-state index contributed by atoms with van der Waals surface area (Å²) in [6, 6.07) is 3.97. The molecular weight excluding hydrogens is 369 g/mol. The quantitative estimate of drug-likeness (QED) is 0.832. The Morgan fingerprint density at radius 2 is 2.05 bits per heavy atom. The Labute approximate surface area is 140 Å². The fourth-order valence-corrected chi connectivity index (χ4v) is 4.08. The Balaban J connectivity index is 1.70. The van der Waals surface area contributed by atoms with Crippen LogP contribution in [0.25, 0.3) is 0 Å². The fourth-order valence-electron chi connectivity index (χ4n) is 2.64. The third kappa shape index (κ3) is 3.52. The Bertz CT molecular complexity index is 685. The van der Waals surface area contributed by atoms with Crippen molar-refractivity contribution in [3.8, 4) is 0 Å². The van der Waals surface area contributed by atoms with E-state index in [1.165, 1.54) is 48.8 Å². The number of carbonyl (C=O) groups excluding carboxylic acids is 1. The molecule has 0 saturated heterocycles. The summed E-state index contributed by atoms with van der Waals surface area (Å²) in [5, 5.41) is 12.5. The van der Waals surface area contributed by atoms with Crippen LogP contribution in [0.2, 0.25) is 0 Å². The van der Waals surface area contributed by atoms with Crippen LogP contribution >= 0.6 is 27.3 Å². The third-order valence-electron chi connectivity index (χ3n) is 3.79. The molecule has 0 radical (unpaired) electrons. The molecule has 0 atom stereocenters. The molecule has 7 heteroatoms. The number of aromatic nitrogens is 2. The van der Waals surface area contributed by atoms with Gasteiger partial charge in [-0.2, -0.15) is 0 Å². The Morgan fingerprint density at radius 1 is 1.27 bits per heavy atom. The van der Waals surface area contributed by atoms with Gasteiger partial charge in [-0.3, -0.25) is 10.1 Å². The zero-order chi connectivity index (χ0) is 15.5. The van der Waals surface area contributed by atoms with E-state index in [9.17, 15) is 9.18 Å². The summed E-state index contributed by atoms with van der Waals surface area (Å²) in [5.74, 6) is -0.244. The molecule has 1 heterocycles.